The number of imide groups is 1. The molecule has 2 aromatic rings. The zero-order valence-electron chi connectivity index (χ0n) is 19.2. The van der Waals surface area contributed by atoms with Crippen molar-refractivity contribution in [2.45, 2.75) is 19.8 Å². The van der Waals surface area contributed by atoms with Crippen LogP contribution in [0.25, 0.3) is 0 Å². The fourth-order valence-electron chi connectivity index (χ4n) is 4.45. The third kappa shape index (κ3) is 4.42. The van der Waals surface area contributed by atoms with Gasteiger partial charge in [0.05, 0.1) is 23.9 Å². The van der Waals surface area contributed by atoms with Crippen molar-refractivity contribution in [2.24, 2.45) is 11.8 Å². The maximum absolute atomic E-state index is 13.6. The number of rotatable bonds is 7. The molecule has 1 aliphatic heterocycles. The van der Waals surface area contributed by atoms with Crippen molar-refractivity contribution in [1.29, 1.82) is 0 Å². The van der Waals surface area contributed by atoms with E-state index in [1.54, 1.807) is 12.1 Å². The van der Waals surface area contributed by atoms with E-state index in [1.165, 1.54) is 37.4 Å². The third-order valence-electron chi connectivity index (χ3n) is 6.31. The molecule has 0 radical (unpaired) electrons. The molecule has 0 unspecified atom stereocenters. The number of nitro groups is 1. The Morgan fingerprint density at radius 3 is 2.40 bits per heavy atom. The summed E-state index contributed by atoms with van der Waals surface area (Å²) in [5.74, 6) is -3.51. The molecule has 0 bridgehead atoms. The number of ketones is 1. The molecule has 1 aliphatic carbocycles. The van der Waals surface area contributed by atoms with E-state index in [1.807, 2.05) is 13.0 Å². The predicted molar refractivity (Wildman–Crippen MR) is 123 cm³/mol. The smallest absolute Gasteiger partial charge is 0.282 e. The van der Waals surface area contributed by atoms with Gasteiger partial charge in [0.15, 0.2) is 5.78 Å². The summed E-state index contributed by atoms with van der Waals surface area (Å²) in [7, 11) is 1.48. The maximum atomic E-state index is 13.6. The summed E-state index contributed by atoms with van der Waals surface area (Å²) in [6.07, 6.45) is 2.59. The van der Waals surface area contributed by atoms with Crippen molar-refractivity contribution in [2.75, 3.05) is 13.7 Å². The number of Topliss-reactive ketones (excluding diaryl/α,β-unsaturated/α-hetero) is 1. The largest absolute Gasteiger partial charge is 0.497 e. The van der Waals surface area contributed by atoms with Crippen LogP contribution in [0.15, 0.2) is 60.2 Å². The molecule has 0 N–H and O–H groups in total. The number of hydrogen-bond donors (Lipinski definition) is 0. The van der Waals surface area contributed by atoms with Gasteiger partial charge in [0, 0.05) is 11.6 Å². The lowest BCUT2D eigenvalue weighted by molar-refractivity contribution is -0.385. The molecule has 0 aromatic heterocycles. The summed E-state index contributed by atoms with van der Waals surface area (Å²) in [4.78, 5) is 64.1. The van der Waals surface area contributed by atoms with Crippen molar-refractivity contribution in [1.82, 2.24) is 10.0 Å². The van der Waals surface area contributed by atoms with E-state index in [0.717, 1.165) is 16.6 Å². The molecule has 10 heteroatoms. The fourth-order valence-corrected chi connectivity index (χ4v) is 4.45. The van der Waals surface area contributed by atoms with Gasteiger partial charge in [-0.25, -0.2) is 5.01 Å². The van der Waals surface area contributed by atoms with E-state index < -0.39 is 52.5 Å². The molecular weight excluding hydrogens is 454 g/mol. The number of allylic oxidation sites excluding steroid dienone is 2. The summed E-state index contributed by atoms with van der Waals surface area (Å²) in [6.45, 7) is 1.21. The molecule has 1 saturated heterocycles. The summed E-state index contributed by atoms with van der Waals surface area (Å²) in [5.41, 5.74) is 0.360. The Bertz CT molecular complexity index is 1250. The topological polar surface area (TPSA) is 127 Å². The van der Waals surface area contributed by atoms with Gasteiger partial charge in [0.1, 0.15) is 17.9 Å². The number of ether oxygens (including phenoxy) is 1. The van der Waals surface area contributed by atoms with Crippen LogP contribution in [0.1, 0.15) is 40.5 Å². The first-order valence-electron chi connectivity index (χ1n) is 11.0. The lowest BCUT2D eigenvalue weighted by Gasteiger charge is -2.30. The second-order valence-corrected chi connectivity index (χ2v) is 8.48. The Morgan fingerprint density at radius 1 is 1.09 bits per heavy atom. The minimum atomic E-state index is -0.982. The number of fused-ring (bicyclic) bond motifs is 1. The Morgan fingerprint density at radius 2 is 1.74 bits per heavy atom. The number of hydrogen-bond acceptors (Lipinski definition) is 7. The molecule has 35 heavy (non-hydrogen) atoms. The second-order valence-electron chi connectivity index (χ2n) is 8.48. The molecule has 4 rings (SSSR count). The van der Waals surface area contributed by atoms with Crippen molar-refractivity contribution >= 4 is 29.2 Å². The van der Waals surface area contributed by atoms with Crippen LogP contribution in [0, 0.1) is 22.0 Å². The molecule has 1 heterocycles. The van der Waals surface area contributed by atoms with Crippen LogP contribution in [0.5, 0.6) is 5.75 Å². The van der Waals surface area contributed by atoms with Crippen LogP contribution in [-0.4, -0.2) is 52.1 Å². The first-order chi connectivity index (χ1) is 16.7. The number of methoxy groups -OCH3 is 1. The minimum absolute atomic E-state index is 0.222. The summed E-state index contributed by atoms with van der Waals surface area (Å²) < 4.78 is 5.09. The number of hydrazine groups is 1. The van der Waals surface area contributed by atoms with Gasteiger partial charge in [-0.1, -0.05) is 23.8 Å². The molecule has 2 aliphatic rings. The average molecular weight is 477 g/mol. The fraction of sp³-hybridized carbons (Fsp3) is 0.280. The van der Waals surface area contributed by atoms with Crippen LogP contribution in [0.2, 0.25) is 0 Å². The molecule has 10 nitrogen and oxygen atoms in total. The lowest BCUT2D eigenvalue weighted by Crippen LogP contribution is -2.52. The number of carbonyl (C=O) groups is 4. The Labute approximate surface area is 200 Å². The molecule has 2 aromatic carbocycles. The van der Waals surface area contributed by atoms with Crippen molar-refractivity contribution < 1.29 is 28.8 Å². The van der Waals surface area contributed by atoms with E-state index in [4.69, 9.17) is 4.74 Å². The van der Waals surface area contributed by atoms with Gasteiger partial charge >= 0.3 is 0 Å². The third-order valence-corrected chi connectivity index (χ3v) is 6.31. The highest BCUT2D eigenvalue weighted by Crippen LogP contribution is 2.39. The molecule has 180 valence electrons. The summed E-state index contributed by atoms with van der Waals surface area (Å²) in [6, 6.07) is 11.3. The van der Waals surface area contributed by atoms with Gasteiger partial charge in [-0.05, 0) is 50.1 Å². The Balaban J connectivity index is 1.73. The van der Waals surface area contributed by atoms with Crippen LogP contribution >= 0.6 is 0 Å². The molecule has 3 amide bonds. The van der Waals surface area contributed by atoms with Crippen LogP contribution in [-0.2, 0) is 9.59 Å². The maximum Gasteiger partial charge on any atom is 0.282 e. The monoisotopic (exact) mass is 477 g/mol. The van der Waals surface area contributed by atoms with E-state index in [0.29, 0.717) is 23.6 Å². The van der Waals surface area contributed by atoms with Gasteiger partial charge in [0.25, 0.3) is 23.4 Å². The first-order valence-corrected chi connectivity index (χ1v) is 11.0. The second kappa shape index (κ2) is 9.49. The zero-order chi connectivity index (χ0) is 25.3. The highest BCUT2D eigenvalue weighted by molar-refractivity contribution is 6.10. The van der Waals surface area contributed by atoms with Gasteiger partial charge in [-0.15, -0.1) is 0 Å². The highest BCUT2D eigenvalue weighted by atomic mass is 16.6. The number of nitrogens with zero attached hydrogens (tertiary/aromatic N) is 3. The molecule has 1 fully saturated rings. The van der Waals surface area contributed by atoms with Gasteiger partial charge in [-0.3, -0.25) is 29.3 Å². The molecule has 0 saturated carbocycles. The molecule has 0 spiro atoms. The zero-order valence-corrected chi connectivity index (χ0v) is 19.2. The SMILES string of the molecule is COc1ccc(C(=O)CN(C(=O)c2ccccc2[N+](=O)[O-])N2C(=O)[C@@H]3CC=C(C)C[C@H]3C2=O)cc1. The van der Waals surface area contributed by atoms with E-state index in [9.17, 15) is 29.3 Å². The number of benzene rings is 2. The van der Waals surface area contributed by atoms with Gasteiger partial charge in [-0.2, -0.15) is 5.01 Å². The van der Waals surface area contributed by atoms with Crippen LogP contribution in [0.3, 0.4) is 0 Å². The quantitative estimate of drug-likeness (QED) is 0.197. The van der Waals surface area contributed by atoms with Gasteiger partial charge < -0.3 is 4.74 Å². The standard InChI is InChI=1S/C25H23N3O7/c1-15-7-12-18-20(13-15)25(32)27(24(18)31)26(14-22(29)16-8-10-17(35-2)11-9-16)23(30)19-5-3-4-6-21(19)28(33)34/h3-11,18,20H,12-14H2,1-2H3/t18-,20-/m1/s1. The highest BCUT2D eigenvalue weighted by Gasteiger charge is 2.52. The van der Waals surface area contributed by atoms with Crippen molar-refractivity contribution in [3.05, 3.63) is 81.4 Å². The van der Waals surface area contributed by atoms with Crippen LogP contribution < -0.4 is 4.74 Å². The van der Waals surface area contributed by atoms with E-state index >= 15 is 0 Å². The van der Waals surface area contributed by atoms with E-state index in [2.05, 4.69) is 0 Å². The molecule has 2 atom stereocenters. The predicted octanol–water partition coefficient (Wildman–Crippen LogP) is 3.18. The summed E-state index contributed by atoms with van der Waals surface area (Å²) in [5, 5.41) is 13.0. The normalized spacial score (nSPS) is 19.1. The average Bonchev–Trinajstić information content (AvgIpc) is 3.10. The minimum Gasteiger partial charge on any atom is -0.497 e. The Kier molecular flexibility index (Phi) is 6.46. The number of carbonyl (C=O) groups excluding carboxylic acids is 4. The van der Waals surface area contributed by atoms with Crippen molar-refractivity contribution in [3.8, 4) is 5.75 Å². The summed E-state index contributed by atoms with van der Waals surface area (Å²) >= 11 is 0. The van der Waals surface area contributed by atoms with Crippen molar-refractivity contribution in [3.63, 3.8) is 0 Å². The van der Waals surface area contributed by atoms with Gasteiger partial charge in [0.2, 0.25) is 0 Å². The lowest BCUT2D eigenvalue weighted by atomic mass is 9.82. The molecular formula is C25H23N3O7. The van der Waals surface area contributed by atoms with E-state index in [-0.39, 0.29) is 11.1 Å². The number of nitro benzene ring substituents is 1. The number of para-hydroxylation sites is 1. The van der Waals surface area contributed by atoms with Crippen LogP contribution in [0.4, 0.5) is 5.69 Å². The number of amides is 3. The first kappa shape index (κ1) is 23.8. The Hall–Kier alpha value is -4.34.